The summed E-state index contributed by atoms with van der Waals surface area (Å²) in [6.45, 7) is 10.1. The molecule has 4 amide bonds. The first kappa shape index (κ1) is 37.1. The van der Waals surface area contributed by atoms with E-state index < -0.39 is 17.5 Å². The number of nitrogens with zero attached hydrogens (tertiary/aromatic N) is 5. The number of imidazole rings is 1. The standard InChI is InChI=1S/C39H48FN7O4/c1-6-26(2)35(49)44-34(39(3,4)5)37(51)47-23-30(42-33(48)21-28-11-8-7-9-12-28)22-31(47)24-45(20-17-27-13-15-29(40)16-14-27)36(50)32-25-46-19-10-18-41-38(46)43-32/h7-16,18-19,25-26,30-31,34H,6,17,20-24H2,1-5H3,(H,42,48)(H,44,49)/t26-,30+,31+,34-/m1/s1. The molecule has 3 heterocycles. The van der Waals surface area contributed by atoms with Crippen LogP contribution in [0.2, 0.25) is 0 Å². The van der Waals surface area contributed by atoms with Gasteiger partial charge in [0, 0.05) is 50.2 Å². The number of likely N-dealkylation sites (tertiary alicyclic amines) is 1. The summed E-state index contributed by atoms with van der Waals surface area (Å²) in [5.74, 6) is -1.23. The molecule has 2 aromatic carbocycles. The van der Waals surface area contributed by atoms with E-state index in [1.165, 1.54) is 12.1 Å². The van der Waals surface area contributed by atoms with Gasteiger partial charge in [0.15, 0.2) is 0 Å². The molecule has 270 valence electrons. The highest BCUT2D eigenvalue weighted by Gasteiger charge is 2.44. The molecule has 1 fully saturated rings. The fraction of sp³-hybridized carbons (Fsp3) is 0.436. The van der Waals surface area contributed by atoms with Gasteiger partial charge in [0.2, 0.25) is 23.5 Å². The predicted molar refractivity (Wildman–Crippen MR) is 192 cm³/mol. The molecule has 12 heteroatoms. The minimum atomic E-state index is -0.840. The van der Waals surface area contributed by atoms with E-state index in [-0.39, 0.29) is 73.2 Å². The van der Waals surface area contributed by atoms with Crippen molar-refractivity contribution in [3.8, 4) is 0 Å². The third-order valence-corrected chi connectivity index (χ3v) is 9.49. The predicted octanol–water partition coefficient (Wildman–Crippen LogP) is 4.46. The Morgan fingerprint density at radius 3 is 2.41 bits per heavy atom. The zero-order valence-corrected chi connectivity index (χ0v) is 30.0. The first-order valence-corrected chi connectivity index (χ1v) is 17.6. The molecule has 11 nitrogen and oxygen atoms in total. The van der Waals surface area contributed by atoms with Crippen molar-refractivity contribution < 1.29 is 23.6 Å². The van der Waals surface area contributed by atoms with Crippen LogP contribution < -0.4 is 10.6 Å². The Morgan fingerprint density at radius 2 is 1.75 bits per heavy atom. The fourth-order valence-corrected chi connectivity index (χ4v) is 6.35. The third-order valence-electron chi connectivity index (χ3n) is 9.49. The number of nitrogens with one attached hydrogen (secondary N) is 2. The lowest BCUT2D eigenvalue weighted by Crippen LogP contribution is -2.58. The lowest BCUT2D eigenvalue weighted by atomic mass is 9.85. The Hall–Kier alpha value is -5.13. The highest BCUT2D eigenvalue weighted by atomic mass is 19.1. The maximum absolute atomic E-state index is 14.6. The molecular formula is C39H48FN7O4. The molecule has 4 atom stereocenters. The van der Waals surface area contributed by atoms with Crippen LogP contribution in [-0.4, -0.2) is 85.6 Å². The van der Waals surface area contributed by atoms with E-state index in [0.29, 0.717) is 25.0 Å². The largest absolute Gasteiger partial charge is 0.351 e. The highest BCUT2D eigenvalue weighted by Crippen LogP contribution is 2.28. The van der Waals surface area contributed by atoms with Crippen molar-refractivity contribution in [1.82, 2.24) is 34.8 Å². The zero-order chi connectivity index (χ0) is 36.7. The SMILES string of the molecule is CC[C@@H](C)C(=O)N[C@H](C(=O)N1C[C@@H](NC(=O)Cc2ccccc2)C[C@H]1CN(CCc1ccc(F)cc1)C(=O)c1cn2cccnc2n1)C(C)(C)C. The average Bonchev–Trinajstić information content (AvgIpc) is 3.72. The lowest BCUT2D eigenvalue weighted by Gasteiger charge is -2.37. The van der Waals surface area contributed by atoms with Crippen molar-refractivity contribution in [2.24, 2.45) is 11.3 Å². The fourth-order valence-electron chi connectivity index (χ4n) is 6.35. The van der Waals surface area contributed by atoms with Crippen LogP contribution in [0.1, 0.15) is 69.1 Å². The maximum Gasteiger partial charge on any atom is 0.274 e. The topological polar surface area (TPSA) is 129 Å². The van der Waals surface area contributed by atoms with E-state index in [0.717, 1.165) is 11.1 Å². The summed E-state index contributed by atoms with van der Waals surface area (Å²) in [5, 5.41) is 6.13. The van der Waals surface area contributed by atoms with Crippen molar-refractivity contribution in [3.05, 3.63) is 102 Å². The van der Waals surface area contributed by atoms with Gasteiger partial charge in [-0.15, -0.1) is 0 Å². The van der Waals surface area contributed by atoms with Crippen LogP contribution in [0.15, 0.2) is 79.3 Å². The Morgan fingerprint density at radius 1 is 1.02 bits per heavy atom. The van der Waals surface area contributed by atoms with Gasteiger partial charge in [-0.2, -0.15) is 0 Å². The Labute approximate surface area is 298 Å². The molecule has 0 unspecified atom stereocenters. The number of hydrogen-bond acceptors (Lipinski definition) is 6. The number of halogens is 1. The molecule has 0 bridgehead atoms. The van der Waals surface area contributed by atoms with Crippen LogP contribution in [0.25, 0.3) is 5.78 Å². The van der Waals surface area contributed by atoms with Crippen LogP contribution in [0, 0.1) is 17.2 Å². The zero-order valence-electron chi connectivity index (χ0n) is 30.0. The van der Waals surface area contributed by atoms with E-state index in [4.69, 9.17) is 0 Å². The van der Waals surface area contributed by atoms with Gasteiger partial charge in [0.25, 0.3) is 5.91 Å². The van der Waals surface area contributed by atoms with Gasteiger partial charge >= 0.3 is 0 Å². The van der Waals surface area contributed by atoms with Gasteiger partial charge in [-0.1, -0.05) is 77.1 Å². The van der Waals surface area contributed by atoms with Gasteiger partial charge in [0.1, 0.15) is 17.6 Å². The summed E-state index contributed by atoms with van der Waals surface area (Å²) in [4.78, 5) is 67.2. The first-order chi connectivity index (χ1) is 24.3. The minimum absolute atomic E-state index is 0.147. The van der Waals surface area contributed by atoms with Crippen molar-refractivity contribution in [2.45, 2.75) is 78.4 Å². The third kappa shape index (κ3) is 9.56. The summed E-state index contributed by atoms with van der Waals surface area (Å²) in [6, 6.07) is 15.6. The number of carbonyl (C=O) groups is 4. The quantitative estimate of drug-likeness (QED) is 0.212. The lowest BCUT2D eigenvalue weighted by molar-refractivity contribution is -0.141. The van der Waals surface area contributed by atoms with Crippen LogP contribution in [0.4, 0.5) is 4.39 Å². The first-order valence-electron chi connectivity index (χ1n) is 17.6. The number of hydrogen-bond donors (Lipinski definition) is 2. The van der Waals surface area contributed by atoms with Gasteiger partial charge in [-0.05, 0) is 54.0 Å². The molecule has 4 aromatic rings. The maximum atomic E-state index is 14.6. The van der Waals surface area contributed by atoms with E-state index in [1.54, 1.807) is 51.0 Å². The number of aromatic nitrogens is 3. The van der Waals surface area contributed by atoms with E-state index in [2.05, 4.69) is 20.6 Å². The molecule has 0 saturated carbocycles. The molecular weight excluding hydrogens is 649 g/mol. The van der Waals surface area contributed by atoms with Crippen LogP contribution >= 0.6 is 0 Å². The van der Waals surface area contributed by atoms with Gasteiger partial charge in [-0.25, -0.2) is 14.4 Å². The summed E-state index contributed by atoms with van der Waals surface area (Å²) in [6.07, 6.45) is 6.64. The second-order valence-electron chi connectivity index (χ2n) is 14.5. The number of fused-ring (bicyclic) bond motifs is 1. The highest BCUT2D eigenvalue weighted by molar-refractivity contribution is 5.93. The molecule has 1 aliphatic heterocycles. The molecule has 2 N–H and O–H groups in total. The van der Waals surface area contributed by atoms with Crippen molar-refractivity contribution in [2.75, 3.05) is 19.6 Å². The van der Waals surface area contributed by atoms with Crippen LogP contribution in [-0.2, 0) is 27.2 Å². The smallest absolute Gasteiger partial charge is 0.274 e. The van der Waals surface area contributed by atoms with Gasteiger partial charge in [-0.3, -0.25) is 23.6 Å². The molecule has 1 saturated heterocycles. The molecule has 5 rings (SSSR count). The van der Waals surface area contributed by atoms with Crippen molar-refractivity contribution in [1.29, 1.82) is 0 Å². The number of benzene rings is 2. The second-order valence-corrected chi connectivity index (χ2v) is 14.5. The summed E-state index contributed by atoms with van der Waals surface area (Å²) < 4.78 is 15.4. The van der Waals surface area contributed by atoms with Crippen molar-refractivity contribution >= 4 is 29.4 Å². The van der Waals surface area contributed by atoms with E-state index >= 15 is 0 Å². The van der Waals surface area contributed by atoms with E-state index in [9.17, 15) is 23.6 Å². The second kappa shape index (κ2) is 16.3. The molecule has 0 radical (unpaired) electrons. The van der Waals surface area contributed by atoms with Crippen molar-refractivity contribution in [3.63, 3.8) is 0 Å². The average molecular weight is 698 g/mol. The number of amides is 4. The molecule has 0 aliphatic carbocycles. The molecule has 0 spiro atoms. The molecule has 51 heavy (non-hydrogen) atoms. The van der Waals surface area contributed by atoms with Gasteiger partial charge < -0.3 is 20.4 Å². The number of carbonyl (C=O) groups excluding carboxylic acids is 4. The van der Waals surface area contributed by atoms with E-state index in [1.807, 2.05) is 65.0 Å². The van der Waals surface area contributed by atoms with Crippen LogP contribution in [0.3, 0.4) is 0 Å². The number of rotatable bonds is 13. The Balaban J connectivity index is 1.44. The van der Waals surface area contributed by atoms with Crippen LogP contribution in [0.5, 0.6) is 0 Å². The monoisotopic (exact) mass is 697 g/mol. The Kier molecular flexibility index (Phi) is 11.8. The molecule has 1 aliphatic rings. The summed E-state index contributed by atoms with van der Waals surface area (Å²) >= 11 is 0. The molecule has 2 aromatic heterocycles. The summed E-state index contributed by atoms with van der Waals surface area (Å²) in [7, 11) is 0. The minimum Gasteiger partial charge on any atom is -0.351 e. The summed E-state index contributed by atoms with van der Waals surface area (Å²) in [5.41, 5.74) is 1.29. The normalized spacial score (nSPS) is 17.2. The van der Waals surface area contributed by atoms with Gasteiger partial charge in [0.05, 0.1) is 12.5 Å². The Bertz CT molecular complexity index is 1790.